The van der Waals surface area contributed by atoms with Gasteiger partial charge in [0.05, 0.1) is 6.42 Å². The van der Waals surface area contributed by atoms with Crippen LogP contribution in [0, 0.1) is 0 Å². The number of carbonyl (C=O) groups excluding carboxylic acids is 1. The summed E-state index contributed by atoms with van der Waals surface area (Å²) in [5.74, 6) is 0.416. The van der Waals surface area contributed by atoms with Gasteiger partial charge in [0.25, 0.3) is 0 Å². The maximum absolute atomic E-state index is 12.4. The van der Waals surface area contributed by atoms with Gasteiger partial charge in [-0.1, -0.05) is 29.8 Å². The van der Waals surface area contributed by atoms with Crippen molar-refractivity contribution in [2.24, 2.45) is 0 Å². The number of hydrogen-bond donors (Lipinski definition) is 1. The molecule has 1 heterocycles. The molecule has 4 nitrogen and oxygen atoms in total. The first-order valence-electron chi connectivity index (χ1n) is 8.70. The van der Waals surface area contributed by atoms with Crippen LogP contribution in [0.1, 0.15) is 5.56 Å². The molecule has 0 radical (unpaired) electrons. The van der Waals surface area contributed by atoms with Gasteiger partial charge in [0, 0.05) is 21.2 Å². The summed E-state index contributed by atoms with van der Waals surface area (Å²) in [7, 11) is 0. The first-order valence-corrected chi connectivity index (χ1v) is 10.3. The summed E-state index contributed by atoms with van der Waals surface area (Å²) < 4.78 is 5.80. The van der Waals surface area contributed by atoms with Gasteiger partial charge < -0.3 is 9.73 Å². The Labute approximate surface area is 171 Å². The largest absolute Gasteiger partial charge is 0.436 e. The highest BCUT2D eigenvalue weighted by molar-refractivity contribution is 7.98. The third-order valence-electron chi connectivity index (χ3n) is 4.27. The van der Waals surface area contributed by atoms with Crippen LogP contribution in [0.15, 0.2) is 76.0 Å². The molecular formula is C22H17ClN2O2S. The average molecular weight is 409 g/mol. The van der Waals surface area contributed by atoms with E-state index in [1.165, 1.54) is 4.90 Å². The number of halogens is 1. The van der Waals surface area contributed by atoms with Gasteiger partial charge >= 0.3 is 0 Å². The van der Waals surface area contributed by atoms with E-state index in [0.717, 1.165) is 11.1 Å². The van der Waals surface area contributed by atoms with Crippen LogP contribution in [-0.4, -0.2) is 17.1 Å². The standard InChI is InChI=1S/C22H17ClN2O2S/c1-28-18-8-5-14(6-9-18)11-21(26)24-17-4-2-3-15(12-17)22-25-19-13-16(23)7-10-20(19)27-22/h2-10,12-13H,11H2,1H3,(H,24,26). The van der Waals surface area contributed by atoms with E-state index < -0.39 is 0 Å². The molecule has 0 aliphatic carbocycles. The Hall–Kier alpha value is -2.76. The van der Waals surface area contributed by atoms with Gasteiger partial charge in [0.1, 0.15) is 5.52 Å². The fourth-order valence-electron chi connectivity index (χ4n) is 2.89. The molecule has 0 saturated heterocycles. The minimum atomic E-state index is -0.0709. The predicted octanol–water partition coefficient (Wildman–Crippen LogP) is 6.05. The second kappa shape index (κ2) is 8.09. The van der Waals surface area contributed by atoms with Crippen LogP contribution in [-0.2, 0) is 11.2 Å². The molecule has 0 spiro atoms. The molecule has 0 aliphatic heterocycles. The van der Waals surface area contributed by atoms with E-state index in [4.69, 9.17) is 16.0 Å². The first kappa shape index (κ1) is 18.6. The van der Waals surface area contributed by atoms with Crippen molar-refractivity contribution in [3.8, 4) is 11.5 Å². The van der Waals surface area contributed by atoms with Crippen molar-refractivity contribution in [2.75, 3.05) is 11.6 Å². The number of anilines is 1. The van der Waals surface area contributed by atoms with Gasteiger partial charge in [-0.2, -0.15) is 0 Å². The lowest BCUT2D eigenvalue weighted by atomic mass is 10.1. The number of nitrogens with zero attached hydrogens (tertiary/aromatic N) is 1. The van der Waals surface area contributed by atoms with E-state index in [1.807, 2.05) is 54.8 Å². The van der Waals surface area contributed by atoms with Crippen molar-refractivity contribution in [2.45, 2.75) is 11.3 Å². The number of amides is 1. The molecule has 4 aromatic rings. The average Bonchev–Trinajstić information content (AvgIpc) is 3.12. The molecule has 0 aliphatic rings. The van der Waals surface area contributed by atoms with Crippen LogP contribution in [0.2, 0.25) is 5.02 Å². The zero-order valence-corrected chi connectivity index (χ0v) is 16.7. The number of carbonyl (C=O) groups is 1. The first-order chi connectivity index (χ1) is 13.6. The highest BCUT2D eigenvalue weighted by Gasteiger charge is 2.10. The fourth-order valence-corrected chi connectivity index (χ4v) is 3.46. The van der Waals surface area contributed by atoms with Crippen LogP contribution < -0.4 is 5.32 Å². The Morgan fingerprint density at radius 3 is 2.71 bits per heavy atom. The van der Waals surface area contributed by atoms with Crippen LogP contribution in [0.5, 0.6) is 0 Å². The Kier molecular flexibility index (Phi) is 5.37. The zero-order chi connectivity index (χ0) is 19.5. The molecule has 28 heavy (non-hydrogen) atoms. The van der Waals surface area contributed by atoms with Crippen LogP contribution in [0.3, 0.4) is 0 Å². The summed E-state index contributed by atoms with van der Waals surface area (Å²) in [6.45, 7) is 0. The van der Waals surface area contributed by atoms with Gasteiger partial charge in [0.2, 0.25) is 11.8 Å². The number of nitrogens with one attached hydrogen (secondary N) is 1. The molecule has 1 amide bonds. The number of benzene rings is 3. The smallest absolute Gasteiger partial charge is 0.228 e. The van der Waals surface area contributed by atoms with Gasteiger partial charge in [-0.05, 0) is 60.4 Å². The summed E-state index contributed by atoms with van der Waals surface area (Å²) in [6, 6.07) is 20.8. The minimum Gasteiger partial charge on any atom is -0.436 e. The molecule has 0 fully saturated rings. The predicted molar refractivity (Wildman–Crippen MR) is 115 cm³/mol. The lowest BCUT2D eigenvalue weighted by Gasteiger charge is -2.07. The molecule has 1 aromatic heterocycles. The fraction of sp³-hybridized carbons (Fsp3) is 0.0909. The van der Waals surface area contributed by atoms with Crippen molar-refractivity contribution in [1.29, 1.82) is 0 Å². The Morgan fingerprint density at radius 2 is 1.93 bits per heavy atom. The summed E-state index contributed by atoms with van der Waals surface area (Å²) in [5, 5.41) is 3.55. The number of aromatic nitrogens is 1. The van der Waals surface area contributed by atoms with E-state index in [1.54, 1.807) is 30.0 Å². The lowest BCUT2D eigenvalue weighted by molar-refractivity contribution is -0.115. The van der Waals surface area contributed by atoms with Gasteiger partial charge in [0.15, 0.2) is 5.58 Å². The molecule has 0 atom stereocenters. The normalized spacial score (nSPS) is 10.9. The number of fused-ring (bicyclic) bond motifs is 1. The Balaban J connectivity index is 1.50. The second-order valence-electron chi connectivity index (χ2n) is 6.28. The SMILES string of the molecule is CSc1ccc(CC(=O)Nc2cccc(-c3nc4cc(Cl)ccc4o3)c2)cc1. The van der Waals surface area contributed by atoms with Crippen LogP contribution in [0.4, 0.5) is 5.69 Å². The quantitative estimate of drug-likeness (QED) is 0.408. The van der Waals surface area contributed by atoms with E-state index in [0.29, 0.717) is 34.1 Å². The topological polar surface area (TPSA) is 55.1 Å². The van der Waals surface area contributed by atoms with Crippen LogP contribution >= 0.6 is 23.4 Å². The molecule has 140 valence electrons. The lowest BCUT2D eigenvalue weighted by Crippen LogP contribution is -2.14. The van der Waals surface area contributed by atoms with E-state index >= 15 is 0 Å². The van der Waals surface area contributed by atoms with E-state index in [2.05, 4.69) is 10.3 Å². The van der Waals surface area contributed by atoms with Crippen molar-refractivity contribution < 1.29 is 9.21 Å². The minimum absolute atomic E-state index is 0.0709. The Morgan fingerprint density at radius 1 is 1.11 bits per heavy atom. The second-order valence-corrected chi connectivity index (χ2v) is 7.60. The number of hydrogen-bond acceptors (Lipinski definition) is 4. The molecule has 1 N–H and O–H groups in total. The molecular weight excluding hydrogens is 392 g/mol. The highest BCUT2D eigenvalue weighted by atomic mass is 35.5. The van der Waals surface area contributed by atoms with E-state index in [-0.39, 0.29) is 5.91 Å². The monoisotopic (exact) mass is 408 g/mol. The third kappa shape index (κ3) is 4.21. The molecule has 0 unspecified atom stereocenters. The third-order valence-corrected chi connectivity index (χ3v) is 5.25. The summed E-state index contributed by atoms with van der Waals surface area (Å²) in [5.41, 5.74) is 3.83. The van der Waals surface area contributed by atoms with Gasteiger partial charge in [-0.15, -0.1) is 11.8 Å². The molecule has 3 aromatic carbocycles. The summed E-state index contributed by atoms with van der Waals surface area (Å²) in [4.78, 5) is 18.1. The maximum atomic E-state index is 12.4. The van der Waals surface area contributed by atoms with E-state index in [9.17, 15) is 4.79 Å². The molecule has 6 heteroatoms. The zero-order valence-electron chi connectivity index (χ0n) is 15.1. The maximum Gasteiger partial charge on any atom is 0.228 e. The number of thioether (sulfide) groups is 1. The van der Waals surface area contributed by atoms with Crippen molar-refractivity contribution in [1.82, 2.24) is 4.98 Å². The van der Waals surface area contributed by atoms with Crippen LogP contribution in [0.25, 0.3) is 22.6 Å². The summed E-state index contributed by atoms with van der Waals surface area (Å²) in [6.07, 6.45) is 2.35. The number of rotatable bonds is 5. The van der Waals surface area contributed by atoms with Crippen molar-refractivity contribution in [3.05, 3.63) is 77.3 Å². The van der Waals surface area contributed by atoms with Gasteiger partial charge in [-0.25, -0.2) is 4.98 Å². The molecule has 4 rings (SSSR count). The van der Waals surface area contributed by atoms with Crippen molar-refractivity contribution >= 4 is 46.1 Å². The van der Waals surface area contributed by atoms with Gasteiger partial charge in [-0.3, -0.25) is 4.79 Å². The summed E-state index contributed by atoms with van der Waals surface area (Å²) >= 11 is 7.69. The Bertz CT molecular complexity index is 1140. The molecule has 0 bridgehead atoms. The van der Waals surface area contributed by atoms with Crippen molar-refractivity contribution in [3.63, 3.8) is 0 Å². The highest BCUT2D eigenvalue weighted by Crippen LogP contribution is 2.27. The number of oxazole rings is 1. The molecule has 0 saturated carbocycles.